The molecule has 0 heterocycles. The van der Waals surface area contributed by atoms with Gasteiger partial charge in [-0.2, -0.15) is 0 Å². The first-order valence-corrected chi connectivity index (χ1v) is 3.08. The first-order valence-electron chi connectivity index (χ1n) is 3.08. The minimum atomic E-state index is -1.25. The van der Waals surface area contributed by atoms with Crippen molar-refractivity contribution in [3.63, 3.8) is 0 Å². The van der Waals surface area contributed by atoms with Gasteiger partial charge in [0.15, 0.2) is 6.29 Å². The Morgan fingerprint density at radius 2 is 2.08 bits per heavy atom. The van der Waals surface area contributed by atoms with Gasteiger partial charge in [-0.05, 0) is 0 Å². The van der Waals surface area contributed by atoms with Crippen LogP contribution < -0.4 is 0 Å². The van der Waals surface area contributed by atoms with Crippen LogP contribution in [0.25, 0.3) is 0 Å². The molecule has 0 amide bonds. The maximum Gasteiger partial charge on any atom is 0.331 e. The summed E-state index contributed by atoms with van der Waals surface area (Å²) in [6.45, 7) is 2.76. The summed E-state index contributed by atoms with van der Waals surface area (Å²) in [5, 5.41) is 8.28. The van der Waals surface area contributed by atoms with Crippen molar-refractivity contribution in [3.8, 4) is 0 Å². The van der Waals surface area contributed by atoms with E-state index >= 15 is 0 Å². The molecule has 0 aliphatic heterocycles. The summed E-state index contributed by atoms with van der Waals surface area (Å²) >= 11 is 0. The molecule has 0 aromatic carbocycles. The van der Waals surface area contributed by atoms with Crippen molar-refractivity contribution in [1.29, 1.82) is 0 Å². The first kappa shape index (κ1) is 10.3. The summed E-state index contributed by atoms with van der Waals surface area (Å²) in [5.74, 6) is -2.02. The van der Waals surface area contributed by atoms with E-state index in [2.05, 4.69) is 11.3 Å². The summed E-state index contributed by atoms with van der Waals surface area (Å²) in [4.78, 5) is 30.5. The predicted molar refractivity (Wildman–Crippen MR) is 38.4 cm³/mol. The van der Waals surface area contributed by atoms with Gasteiger partial charge in [0.1, 0.15) is 6.61 Å². The van der Waals surface area contributed by atoms with Crippen molar-refractivity contribution < 1.29 is 24.2 Å². The van der Waals surface area contributed by atoms with Crippen LogP contribution >= 0.6 is 0 Å². The van der Waals surface area contributed by atoms with Gasteiger partial charge in [0.2, 0.25) is 0 Å². The second-order valence-electron chi connectivity index (χ2n) is 1.94. The fourth-order valence-electron chi connectivity index (χ4n) is 0.428. The van der Waals surface area contributed by atoms with Crippen LogP contribution in [0.4, 0.5) is 0 Å². The number of rotatable bonds is 5. The third-order valence-electron chi connectivity index (χ3n) is 0.973. The van der Waals surface area contributed by atoms with Crippen LogP contribution in [-0.2, 0) is 19.1 Å². The van der Waals surface area contributed by atoms with Crippen LogP contribution in [0.3, 0.4) is 0 Å². The minimum absolute atomic E-state index is 0.258. The average molecular weight is 172 g/mol. The van der Waals surface area contributed by atoms with E-state index in [0.717, 1.165) is 0 Å². The van der Waals surface area contributed by atoms with Crippen molar-refractivity contribution in [2.75, 3.05) is 6.61 Å². The van der Waals surface area contributed by atoms with Gasteiger partial charge in [-0.25, -0.2) is 4.79 Å². The van der Waals surface area contributed by atoms with Gasteiger partial charge in [-0.3, -0.25) is 9.59 Å². The largest absolute Gasteiger partial charge is 0.478 e. The van der Waals surface area contributed by atoms with Gasteiger partial charge in [-0.15, -0.1) is 0 Å². The highest BCUT2D eigenvalue weighted by Crippen LogP contribution is 1.99. The van der Waals surface area contributed by atoms with E-state index in [0.29, 0.717) is 6.29 Å². The number of aldehydes is 1. The lowest BCUT2D eigenvalue weighted by Crippen LogP contribution is -2.10. The van der Waals surface area contributed by atoms with E-state index in [9.17, 15) is 14.4 Å². The Kier molecular flexibility index (Phi) is 4.36. The standard InChI is InChI=1S/C7H8O5/c1-5(7(10)11)4-6(9)12-3-2-8/h2H,1,3-4H2,(H,10,11). The van der Waals surface area contributed by atoms with Crippen LogP contribution in [0.5, 0.6) is 0 Å². The molecule has 0 radical (unpaired) electrons. The smallest absolute Gasteiger partial charge is 0.331 e. The third kappa shape index (κ3) is 4.21. The second kappa shape index (κ2) is 5.06. The molecule has 1 N–H and O–H groups in total. The topological polar surface area (TPSA) is 80.7 Å². The van der Waals surface area contributed by atoms with Crippen LogP contribution in [-0.4, -0.2) is 29.9 Å². The highest BCUT2D eigenvalue weighted by molar-refractivity contribution is 5.91. The van der Waals surface area contributed by atoms with Gasteiger partial charge in [-0.1, -0.05) is 6.58 Å². The quantitative estimate of drug-likeness (QED) is 0.351. The maximum absolute atomic E-state index is 10.6. The van der Waals surface area contributed by atoms with Crippen LogP contribution in [0.1, 0.15) is 6.42 Å². The summed E-state index contributed by atoms with van der Waals surface area (Å²) in [6, 6.07) is 0. The molecular formula is C7H8O5. The van der Waals surface area contributed by atoms with Crippen molar-refractivity contribution in [2.24, 2.45) is 0 Å². The minimum Gasteiger partial charge on any atom is -0.478 e. The maximum atomic E-state index is 10.6. The summed E-state index contributed by atoms with van der Waals surface area (Å²) < 4.78 is 4.28. The number of esters is 1. The molecule has 0 saturated heterocycles. The van der Waals surface area contributed by atoms with Crippen molar-refractivity contribution >= 4 is 18.2 Å². The molecule has 0 fully saturated rings. The Morgan fingerprint density at radius 1 is 1.50 bits per heavy atom. The van der Waals surface area contributed by atoms with Crippen LogP contribution in [0, 0.1) is 0 Å². The first-order chi connectivity index (χ1) is 5.57. The van der Waals surface area contributed by atoms with E-state index in [1.807, 2.05) is 0 Å². The zero-order valence-electron chi connectivity index (χ0n) is 6.28. The summed E-state index contributed by atoms with van der Waals surface area (Å²) in [5.41, 5.74) is -0.258. The number of carbonyl (C=O) groups is 3. The predicted octanol–water partition coefficient (Wildman–Crippen LogP) is -0.241. The number of carboxylic acid groups (broad SMARTS) is 1. The molecule has 0 aromatic rings. The normalized spacial score (nSPS) is 8.67. The van der Waals surface area contributed by atoms with Crippen molar-refractivity contribution in [1.82, 2.24) is 0 Å². The SMILES string of the molecule is C=C(CC(=O)OCC=O)C(=O)O. The summed E-state index contributed by atoms with van der Waals surface area (Å²) in [6.07, 6.45) is 0.00457. The molecule has 5 heteroatoms. The van der Waals surface area contributed by atoms with E-state index in [1.165, 1.54) is 0 Å². The Morgan fingerprint density at radius 3 is 2.50 bits per heavy atom. The number of hydrogen-bond acceptors (Lipinski definition) is 4. The number of ether oxygens (including phenoxy) is 1. The van der Waals surface area contributed by atoms with Gasteiger partial charge >= 0.3 is 11.9 Å². The monoisotopic (exact) mass is 172 g/mol. The van der Waals surface area contributed by atoms with E-state index in [4.69, 9.17) is 5.11 Å². The molecule has 0 rings (SSSR count). The molecule has 0 atom stereocenters. The molecule has 66 valence electrons. The zero-order chi connectivity index (χ0) is 9.56. The number of carboxylic acids is 1. The van der Waals surface area contributed by atoms with Crippen LogP contribution in [0.2, 0.25) is 0 Å². The molecule has 0 aromatic heterocycles. The average Bonchev–Trinajstić information content (AvgIpc) is 2.00. The van der Waals surface area contributed by atoms with E-state index in [-0.39, 0.29) is 12.2 Å². The molecule has 0 aliphatic rings. The lowest BCUT2D eigenvalue weighted by atomic mass is 10.2. The number of aliphatic carboxylic acids is 1. The molecule has 12 heavy (non-hydrogen) atoms. The molecule has 0 saturated carbocycles. The Labute approximate surface area is 68.6 Å². The van der Waals surface area contributed by atoms with E-state index in [1.54, 1.807) is 0 Å². The fraction of sp³-hybridized carbons (Fsp3) is 0.286. The number of carbonyl (C=O) groups excluding carboxylic acids is 2. The van der Waals surface area contributed by atoms with Crippen LogP contribution in [0.15, 0.2) is 12.2 Å². The fourth-order valence-corrected chi connectivity index (χ4v) is 0.428. The third-order valence-corrected chi connectivity index (χ3v) is 0.973. The summed E-state index contributed by atoms with van der Waals surface area (Å²) in [7, 11) is 0. The molecule has 0 unspecified atom stereocenters. The van der Waals surface area contributed by atoms with Gasteiger partial charge in [0, 0.05) is 5.57 Å². The Bertz CT molecular complexity index is 218. The zero-order valence-corrected chi connectivity index (χ0v) is 6.28. The molecular weight excluding hydrogens is 164 g/mol. The molecule has 5 nitrogen and oxygen atoms in total. The number of hydrogen-bond donors (Lipinski definition) is 1. The molecule has 0 bridgehead atoms. The lowest BCUT2D eigenvalue weighted by Gasteiger charge is -1.99. The molecule has 0 aliphatic carbocycles. The van der Waals surface area contributed by atoms with Gasteiger partial charge < -0.3 is 9.84 Å². The Balaban J connectivity index is 3.76. The Hall–Kier alpha value is -1.65. The lowest BCUT2D eigenvalue weighted by molar-refractivity contribution is -0.146. The molecule has 0 spiro atoms. The van der Waals surface area contributed by atoms with Gasteiger partial charge in [0.05, 0.1) is 6.42 Å². The van der Waals surface area contributed by atoms with Crippen molar-refractivity contribution in [3.05, 3.63) is 12.2 Å². The van der Waals surface area contributed by atoms with E-state index < -0.39 is 18.4 Å². The second-order valence-corrected chi connectivity index (χ2v) is 1.94. The highest BCUT2D eigenvalue weighted by Gasteiger charge is 2.10. The van der Waals surface area contributed by atoms with Gasteiger partial charge in [0.25, 0.3) is 0 Å². The van der Waals surface area contributed by atoms with Crippen molar-refractivity contribution in [2.45, 2.75) is 6.42 Å². The highest BCUT2D eigenvalue weighted by atomic mass is 16.5.